The first-order valence-electron chi connectivity index (χ1n) is 17.4. The molecule has 0 spiro atoms. The first-order chi connectivity index (χ1) is 25.7. The summed E-state index contributed by atoms with van der Waals surface area (Å²) >= 11 is 0. The Morgan fingerprint density at radius 1 is 0.404 bits per heavy atom. The maximum absolute atomic E-state index is 7.60. The van der Waals surface area contributed by atoms with Gasteiger partial charge in [0.25, 0.3) is 0 Å². The lowest BCUT2D eigenvalue weighted by molar-refractivity contribution is 1.17. The number of rotatable bonds is 5. The highest BCUT2D eigenvalue weighted by Crippen LogP contribution is 2.42. The van der Waals surface area contributed by atoms with Gasteiger partial charge in [0.05, 0.1) is 40.0 Å². The Kier molecular flexibility index (Phi) is 6.84. The summed E-state index contributed by atoms with van der Waals surface area (Å²) in [6.07, 6.45) is 0. The standard InChI is InChI=1S/C48H30N4/c1-49-36-18-12-17-34(28-36)43-31-35(30-42(50-43)32-14-4-2-5-15-32)33-16-13-21-38(29-33)52-44-24-10-8-22-39(44)40-26-27-46-47(48(40)52)41-23-9-11-25-45(41)51(46)37-19-6-3-7-20-37/h2-31H. The zero-order chi connectivity index (χ0) is 34.6. The van der Waals surface area contributed by atoms with Crippen LogP contribution in [-0.2, 0) is 0 Å². The molecule has 4 nitrogen and oxygen atoms in total. The van der Waals surface area contributed by atoms with Crippen LogP contribution in [0.1, 0.15) is 0 Å². The molecule has 7 aromatic carbocycles. The van der Waals surface area contributed by atoms with Crippen molar-refractivity contribution in [1.82, 2.24) is 14.1 Å². The lowest BCUT2D eigenvalue weighted by Gasteiger charge is -2.14. The maximum Gasteiger partial charge on any atom is 0.187 e. The lowest BCUT2D eigenvalue weighted by Crippen LogP contribution is -1.96. The molecule has 0 fully saturated rings. The van der Waals surface area contributed by atoms with Gasteiger partial charge in [-0.15, -0.1) is 0 Å². The van der Waals surface area contributed by atoms with E-state index in [-0.39, 0.29) is 0 Å². The molecule has 10 aromatic rings. The molecule has 3 aromatic heterocycles. The molecule has 0 N–H and O–H groups in total. The van der Waals surface area contributed by atoms with Gasteiger partial charge in [0.15, 0.2) is 5.69 Å². The Labute approximate surface area is 300 Å². The topological polar surface area (TPSA) is 27.1 Å². The molecule has 0 aliphatic rings. The Morgan fingerprint density at radius 2 is 1.02 bits per heavy atom. The summed E-state index contributed by atoms with van der Waals surface area (Å²) in [5.41, 5.74) is 13.4. The molecule has 52 heavy (non-hydrogen) atoms. The van der Waals surface area contributed by atoms with Crippen LogP contribution in [0.3, 0.4) is 0 Å². The molecule has 4 heteroatoms. The minimum atomic E-state index is 0.597. The third-order valence-corrected chi connectivity index (χ3v) is 10.1. The number of para-hydroxylation sites is 3. The van der Waals surface area contributed by atoms with E-state index in [0.29, 0.717) is 5.69 Å². The van der Waals surface area contributed by atoms with Crippen LogP contribution < -0.4 is 0 Å². The highest BCUT2D eigenvalue weighted by molar-refractivity contribution is 6.26. The van der Waals surface area contributed by atoms with Crippen molar-refractivity contribution in [3.8, 4) is 45.0 Å². The summed E-state index contributed by atoms with van der Waals surface area (Å²) in [5, 5.41) is 4.90. The summed E-state index contributed by atoms with van der Waals surface area (Å²) in [6, 6.07) is 63.8. The lowest BCUT2D eigenvalue weighted by atomic mass is 9.99. The van der Waals surface area contributed by atoms with Crippen molar-refractivity contribution in [2.24, 2.45) is 0 Å². The first kappa shape index (κ1) is 29.7. The van der Waals surface area contributed by atoms with Crippen LogP contribution in [0.25, 0.3) is 93.5 Å². The summed E-state index contributed by atoms with van der Waals surface area (Å²) in [6.45, 7) is 7.60. The Morgan fingerprint density at radius 3 is 1.81 bits per heavy atom. The zero-order valence-corrected chi connectivity index (χ0v) is 28.1. The Bertz CT molecular complexity index is 3020. The van der Waals surface area contributed by atoms with E-state index in [2.05, 4.69) is 154 Å². The second-order valence-electron chi connectivity index (χ2n) is 13.1. The summed E-state index contributed by atoms with van der Waals surface area (Å²) in [4.78, 5) is 8.79. The SMILES string of the molecule is [C-]#[N+]c1cccc(-c2cc(-c3cccc(-n4c5ccccc5c5ccc6c(c7ccccc7n6-c6ccccc6)c54)c3)cc(-c3ccccc3)n2)c1. The number of pyridine rings is 1. The van der Waals surface area contributed by atoms with E-state index < -0.39 is 0 Å². The van der Waals surface area contributed by atoms with Crippen LogP contribution in [0.4, 0.5) is 5.69 Å². The van der Waals surface area contributed by atoms with Crippen LogP contribution in [0.5, 0.6) is 0 Å². The zero-order valence-electron chi connectivity index (χ0n) is 28.1. The molecule has 0 saturated heterocycles. The van der Waals surface area contributed by atoms with Crippen molar-refractivity contribution in [3.05, 3.63) is 193 Å². The van der Waals surface area contributed by atoms with Crippen molar-refractivity contribution < 1.29 is 0 Å². The summed E-state index contributed by atoms with van der Waals surface area (Å²) < 4.78 is 4.83. The molecule has 0 aliphatic heterocycles. The van der Waals surface area contributed by atoms with Crippen LogP contribution in [-0.4, -0.2) is 14.1 Å². The van der Waals surface area contributed by atoms with Crippen molar-refractivity contribution in [2.75, 3.05) is 0 Å². The minimum absolute atomic E-state index is 0.597. The molecule has 0 radical (unpaired) electrons. The van der Waals surface area contributed by atoms with Crippen molar-refractivity contribution >= 4 is 49.3 Å². The number of aromatic nitrogens is 3. The predicted octanol–water partition coefficient (Wildman–Crippen LogP) is 12.8. The summed E-state index contributed by atoms with van der Waals surface area (Å²) in [5.74, 6) is 0. The van der Waals surface area contributed by atoms with E-state index in [0.717, 1.165) is 50.5 Å². The van der Waals surface area contributed by atoms with E-state index >= 15 is 0 Å². The third-order valence-electron chi connectivity index (χ3n) is 10.1. The van der Waals surface area contributed by atoms with Crippen LogP contribution in [0.15, 0.2) is 182 Å². The quantitative estimate of drug-likeness (QED) is 0.169. The van der Waals surface area contributed by atoms with Gasteiger partial charge in [0.2, 0.25) is 0 Å². The number of fused-ring (bicyclic) bond motifs is 7. The maximum atomic E-state index is 7.60. The van der Waals surface area contributed by atoms with Gasteiger partial charge in [-0.05, 0) is 77.4 Å². The van der Waals surface area contributed by atoms with E-state index in [1.807, 2.05) is 42.5 Å². The van der Waals surface area contributed by atoms with Gasteiger partial charge in [-0.1, -0.05) is 121 Å². The molecular formula is C48H30N4. The fourth-order valence-corrected chi connectivity index (χ4v) is 7.79. The van der Waals surface area contributed by atoms with Gasteiger partial charge >= 0.3 is 0 Å². The van der Waals surface area contributed by atoms with Crippen molar-refractivity contribution in [1.29, 1.82) is 0 Å². The van der Waals surface area contributed by atoms with Gasteiger partial charge in [-0.3, -0.25) is 0 Å². The van der Waals surface area contributed by atoms with Gasteiger partial charge < -0.3 is 9.13 Å². The normalized spacial score (nSPS) is 11.4. The fraction of sp³-hybridized carbons (Fsp3) is 0. The average molecular weight is 663 g/mol. The van der Waals surface area contributed by atoms with Gasteiger partial charge in [0, 0.05) is 38.5 Å². The molecule has 242 valence electrons. The number of hydrogen-bond donors (Lipinski definition) is 0. The number of nitrogens with zero attached hydrogens (tertiary/aromatic N) is 4. The van der Waals surface area contributed by atoms with E-state index in [9.17, 15) is 0 Å². The number of benzene rings is 7. The van der Waals surface area contributed by atoms with E-state index in [4.69, 9.17) is 11.6 Å². The molecule has 0 atom stereocenters. The van der Waals surface area contributed by atoms with Crippen LogP contribution in [0, 0.1) is 6.57 Å². The monoisotopic (exact) mass is 662 g/mol. The largest absolute Gasteiger partial charge is 0.309 e. The molecular weight excluding hydrogens is 633 g/mol. The van der Waals surface area contributed by atoms with Crippen LogP contribution in [0.2, 0.25) is 0 Å². The molecule has 0 saturated carbocycles. The van der Waals surface area contributed by atoms with Crippen molar-refractivity contribution in [3.63, 3.8) is 0 Å². The van der Waals surface area contributed by atoms with Gasteiger partial charge in [-0.2, -0.15) is 0 Å². The smallest absolute Gasteiger partial charge is 0.187 e. The average Bonchev–Trinajstić information content (AvgIpc) is 3.74. The second kappa shape index (κ2) is 12.0. The molecule has 0 bridgehead atoms. The molecule has 0 unspecified atom stereocenters. The van der Waals surface area contributed by atoms with E-state index in [1.165, 1.54) is 38.1 Å². The Balaban J connectivity index is 1.24. The number of hydrogen-bond acceptors (Lipinski definition) is 1. The molecule has 10 rings (SSSR count). The van der Waals surface area contributed by atoms with E-state index in [1.54, 1.807) is 0 Å². The summed E-state index contributed by atoms with van der Waals surface area (Å²) in [7, 11) is 0. The van der Waals surface area contributed by atoms with Gasteiger partial charge in [-0.25, -0.2) is 9.83 Å². The highest BCUT2D eigenvalue weighted by Gasteiger charge is 2.21. The third kappa shape index (κ3) is 4.72. The predicted molar refractivity (Wildman–Crippen MR) is 215 cm³/mol. The molecule has 0 aliphatic carbocycles. The highest BCUT2D eigenvalue weighted by atomic mass is 15.0. The molecule has 3 heterocycles. The minimum Gasteiger partial charge on any atom is -0.309 e. The van der Waals surface area contributed by atoms with Crippen LogP contribution >= 0.6 is 0 Å². The molecule has 0 amide bonds. The van der Waals surface area contributed by atoms with Crippen molar-refractivity contribution in [2.45, 2.75) is 0 Å². The Hall–Kier alpha value is -7.22. The van der Waals surface area contributed by atoms with Gasteiger partial charge in [0.1, 0.15) is 0 Å². The first-order valence-corrected chi connectivity index (χ1v) is 17.4. The fourth-order valence-electron chi connectivity index (χ4n) is 7.79. The second-order valence-corrected chi connectivity index (χ2v) is 13.1.